The fraction of sp³-hybridized carbons (Fsp3) is 0.830. The standard InChI is InChI=1S/C53H100NO7P/c1-6-8-10-12-14-16-18-20-22-23-24-25-26-27-28-29-30-31-32-34-36-38-40-42-44-46-53(55)61-52(51-60-62(56,57)59-49-47-54(3,4)5)50-58-48-45-43-41-39-37-35-33-21-19-17-15-13-11-9-7-2/h13,15,18-21,23-24,52H,6-12,14,16-17,22,25-51H2,1-5H3/p+1/b15-13-,20-18-,21-19-,24-23-. The van der Waals surface area contributed by atoms with Crippen molar-refractivity contribution in [3.05, 3.63) is 48.6 Å². The summed E-state index contributed by atoms with van der Waals surface area (Å²) in [6.45, 7) is 5.57. The fourth-order valence-electron chi connectivity index (χ4n) is 7.07. The van der Waals surface area contributed by atoms with E-state index < -0.39 is 13.9 Å². The Bertz CT molecular complexity index is 1130. The highest BCUT2D eigenvalue weighted by molar-refractivity contribution is 7.47. The summed E-state index contributed by atoms with van der Waals surface area (Å²) in [7, 11) is 1.66. The lowest BCUT2D eigenvalue weighted by atomic mass is 10.0. The molecule has 0 aromatic carbocycles. The molecule has 0 saturated carbocycles. The molecule has 2 atom stereocenters. The Labute approximate surface area is 384 Å². The number of likely N-dealkylation sites (N-methyl/N-ethyl adjacent to an activating group) is 1. The van der Waals surface area contributed by atoms with Crippen molar-refractivity contribution >= 4 is 13.8 Å². The minimum absolute atomic E-state index is 0.0856. The summed E-state index contributed by atoms with van der Waals surface area (Å²) in [5.74, 6) is -0.317. The van der Waals surface area contributed by atoms with E-state index in [2.05, 4.69) is 62.5 Å². The molecular formula is C53H101NO7P+. The molecule has 0 amide bonds. The minimum atomic E-state index is -4.28. The fourth-order valence-corrected chi connectivity index (χ4v) is 7.81. The van der Waals surface area contributed by atoms with Crippen molar-refractivity contribution in [3.63, 3.8) is 0 Å². The maximum Gasteiger partial charge on any atom is 0.472 e. The molecule has 62 heavy (non-hydrogen) atoms. The molecule has 0 aliphatic heterocycles. The molecule has 364 valence electrons. The van der Waals surface area contributed by atoms with Gasteiger partial charge in [0.25, 0.3) is 0 Å². The summed E-state index contributed by atoms with van der Waals surface area (Å²) in [6, 6.07) is 0. The van der Waals surface area contributed by atoms with Crippen molar-refractivity contribution < 1.29 is 37.3 Å². The predicted molar refractivity (Wildman–Crippen MR) is 266 cm³/mol. The van der Waals surface area contributed by atoms with Crippen LogP contribution in [0.2, 0.25) is 0 Å². The molecule has 0 rings (SSSR count). The first-order valence-electron chi connectivity index (χ1n) is 25.9. The minimum Gasteiger partial charge on any atom is -0.457 e. The molecule has 0 bridgehead atoms. The highest BCUT2D eigenvalue weighted by atomic mass is 31.2. The smallest absolute Gasteiger partial charge is 0.457 e. The van der Waals surface area contributed by atoms with E-state index in [9.17, 15) is 14.3 Å². The first kappa shape index (κ1) is 60.5. The molecule has 9 heteroatoms. The molecule has 0 spiro atoms. The van der Waals surface area contributed by atoms with Crippen LogP contribution >= 0.6 is 7.82 Å². The number of hydrogen-bond donors (Lipinski definition) is 1. The van der Waals surface area contributed by atoms with Crippen LogP contribution in [0.25, 0.3) is 0 Å². The van der Waals surface area contributed by atoms with Crippen molar-refractivity contribution in [2.75, 3.05) is 54.1 Å². The number of hydrogen-bond acceptors (Lipinski definition) is 6. The molecule has 0 radical (unpaired) electrons. The largest absolute Gasteiger partial charge is 0.472 e. The molecule has 0 aliphatic carbocycles. The second-order valence-electron chi connectivity index (χ2n) is 18.5. The van der Waals surface area contributed by atoms with E-state index in [1.165, 1.54) is 154 Å². The van der Waals surface area contributed by atoms with Crippen LogP contribution in [-0.2, 0) is 27.9 Å². The lowest BCUT2D eigenvalue weighted by molar-refractivity contribution is -0.870. The molecular weight excluding hydrogens is 794 g/mol. The second kappa shape index (κ2) is 46.0. The molecule has 0 aromatic rings. The Hall–Kier alpha value is -1.54. The van der Waals surface area contributed by atoms with Crippen molar-refractivity contribution in [3.8, 4) is 0 Å². The van der Waals surface area contributed by atoms with E-state index in [-0.39, 0.29) is 25.8 Å². The highest BCUT2D eigenvalue weighted by Crippen LogP contribution is 2.43. The number of phosphoric acid groups is 1. The molecule has 0 fully saturated rings. The second-order valence-corrected chi connectivity index (χ2v) is 20.0. The van der Waals surface area contributed by atoms with Gasteiger partial charge in [0.15, 0.2) is 0 Å². The number of ether oxygens (including phenoxy) is 2. The zero-order valence-corrected chi connectivity index (χ0v) is 42.3. The summed E-state index contributed by atoms with van der Waals surface area (Å²) < 4.78 is 35.1. The van der Waals surface area contributed by atoms with Gasteiger partial charge in [0.2, 0.25) is 0 Å². The molecule has 0 aromatic heterocycles. The monoisotopic (exact) mass is 895 g/mol. The van der Waals surface area contributed by atoms with Crippen LogP contribution in [0.1, 0.15) is 226 Å². The van der Waals surface area contributed by atoms with Crippen LogP contribution in [0.15, 0.2) is 48.6 Å². The summed E-state index contributed by atoms with van der Waals surface area (Å²) in [5.41, 5.74) is 0. The Morgan fingerprint density at radius 1 is 0.500 bits per heavy atom. The SMILES string of the molecule is CCCC/C=C\C/C=C\CCCCCCCCOCC(COP(=O)(O)OCC[N+](C)(C)C)OC(=O)CCCCCCCCCCCCCCC/C=C\C/C=C\CCCCCCC. The lowest BCUT2D eigenvalue weighted by Gasteiger charge is -2.24. The van der Waals surface area contributed by atoms with Crippen LogP contribution in [-0.4, -0.2) is 75.6 Å². The Kier molecular flexibility index (Phi) is 44.9. The number of nitrogens with zero attached hydrogens (tertiary/aromatic N) is 1. The quantitative estimate of drug-likeness (QED) is 0.0214. The molecule has 0 heterocycles. The zero-order chi connectivity index (χ0) is 45.5. The number of phosphoric ester groups is 1. The van der Waals surface area contributed by atoms with Gasteiger partial charge in [-0.1, -0.05) is 197 Å². The third-order valence-electron chi connectivity index (χ3n) is 11.1. The predicted octanol–water partition coefficient (Wildman–Crippen LogP) is 15.9. The van der Waals surface area contributed by atoms with Gasteiger partial charge in [-0.05, 0) is 70.6 Å². The average molecular weight is 895 g/mol. The molecule has 8 nitrogen and oxygen atoms in total. The van der Waals surface area contributed by atoms with Crippen LogP contribution < -0.4 is 0 Å². The molecule has 0 aliphatic rings. The zero-order valence-electron chi connectivity index (χ0n) is 41.4. The summed E-state index contributed by atoms with van der Waals surface area (Å²) >= 11 is 0. The van der Waals surface area contributed by atoms with Crippen LogP contribution in [0.3, 0.4) is 0 Å². The van der Waals surface area contributed by atoms with Crippen LogP contribution in [0, 0.1) is 0 Å². The Morgan fingerprint density at radius 3 is 1.35 bits per heavy atom. The summed E-state index contributed by atoms with van der Waals surface area (Å²) in [4.78, 5) is 23.0. The number of unbranched alkanes of at least 4 members (excludes halogenated alkanes) is 26. The van der Waals surface area contributed by atoms with E-state index in [1.54, 1.807) is 0 Å². The van der Waals surface area contributed by atoms with Gasteiger partial charge >= 0.3 is 13.8 Å². The first-order valence-corrected chi connectivity index (χ1v) is 27.4. The third kappa shape index (κ3) is 49.5. The van der Waals surface area contributed by atoms with Crippen LogP contribution in [0.5, 0.6) is 0 Å². The van der Waals surface area contributed by atoms with Gasteiger partial charge in [0.1, 0.15) is 19.3 Å². The number of carbonyl (C=O) groups excluding carboxylic acids is 1. The summed E-state index contributed by atoms with van der Waals surface area (Å²) in [5, 5.41) is 0. The van der Waals surface area contributed by atoms with E-state index in [0.29, 0.717) is 24.1 Å². The van der Waals surface area contributed by atoms with E-state index in [1.807, 2.05) is 21.1 Å². The summed E-state index contributed by atoms with van der Waals surface area (Å²) in [6.07, 6.45) is 57.3. The third-order valence-corrected chi connectivity index (χ3v) is 12.1. The molecule has 1 N–H and O–H groups in total. The van der Waals surface area contributed by atoms with Crippen molar-refractivity contribution in [2.45, 2.75) is 232 Å². The van der Waals surface area contributed by atoms with Gasteiger partial charge in [-0.15, -0.1) is 0 Å². The van der Waals surface area contributed by atoms with Crippen molar-refractivity contribution in [2.24, 2.45) is 0 Å². The van der Waals surface area contributed by atoms with E-state index >= 15 is 0 Å². The lowest BCUT2D eigenvalue weighted by Crippen LogP contribution is -2.37. The molecule has 0 saturated heterocycles. The maximum absolute atomic E-state index is 12.8. The van der Waals surface area contributed by atoms with Gasteiger partial charge in [-0.3, -0.25) is 13.8 Å². The van der Waals surface area contributed by atoms with E-state index in [4.69, 9.17) is 18.5 Å². The van der Waals surface area contributed by atoms with Gasteiger partial charge < -0.3 is 18.9 Å². The first-order chi connectivity index (χ1) is 30.1. The Balaban J connectivity index is 4.10. The van der Waals surface area contributed by atoms with Gasteiger partial charge in [0.05, 0.1) is 34.4 Å². The van der Waals surface area contributed by atoms with Crippen molar-refractivity contribution in [1.29, 1.82) is 0 Å². The molecule has 2 unspecified atom stereocenters. The van der Waals surface area contributed by atoms with Crippen LogP contribution in [0.4, 0.5) is 0 Å². The Morgan fingerprint density at radius 2 is 0.903 bits per heavy atom. The highest BCUT2D eigenvalue weighted by Gasteiger charge is 2.26. The van der Waals surface area contributed by atoms with Gasteiger partial charge in [-0.25, -0.2) is 4.57 Å². The van der Waals surface area contributed by atoms with E-state index in [0.717, 1.165) is 51.4 Å². The van der Waals surface area contributed by atoms with Gasteiger partial charge in [-0.2, -0.15) is 0 Å². The normalized spacial score (nSPS) is 14.0. The maximum atomic E-state index is 12.8. The number of esters is 1. The number of carbonyl (C=O) groups is 1. The average Bonchev–Trinajstić information content (AvgIpc) is 3.23. The topological polar surface area (TPSA) is 91.3 Å². The number of quaternary nitrogens is 1. The van der Waals surface area contributed by atoms with Crippen molar-refractivity contribution in [1.82, 2.24) is 0 Å². The number of allylic oxidation sites excluding steroid dienone is 8. The number of rotatable bonds is 48. The van der Waals surface area contributed by atoms with Gasteiger partial charge in [0, 0.05) is 13.0 Å².